The molecule has 1 aromatic carbocycles. The average Bonchev–Trinajstić information content (AvgIpc) is 2.57. The predicted molar refractivity (Wildman–Crippen MR) is 104 cm³/mol. The Balaban J connectivity index is 1.70. The van der Waals surface area contributed by atoms with E-state index in [4.69, 9.17) is 5.11 Å². The van der Waals surface area contributed by atoms with Gasteiger partial charge in [-0.05, 0) is 49.9 Å². The highest BCUT2D eigenvalue weighted by Crippen LogP contribution is 2.25. The lowest BCUT2D eigenvalue weighted by Gasteiger charge is -2.42. The number of aliphatic carboxylic acids is 1. The molecule has 1 aliphatic carbocycles. The molecule has 1 aliphatic rings. The number of carbonyl (C=O) groups is 2. The van der Waals surface area contributed by atoms with Gasteiger partial charge in [0.25, 0.3) is 0 Å². The van der Waals surface area contributed by atoms with E-state index in [0.29, 0.717) is 6.54 Å². The maximum Gasteiger partial charge on any atom is 0.319 e. The Kier molecular flexibility index (Phi) is 7.91. The quantitative estimate of drug-likeness (QED) is 0.557. The highest BCUT2D eigenvalue weighted by atomic mass is 16.4. The highest BCUT2D eigenvalue weighted by Gasteiger charge is 2.34. The van der Waals surface area contributed by atoms with Gasteiger partial charge in [0.1, 0.15) is 0 Å². The SMILES string of the molecule is CCCCCc1ccc(NC(=O)NC2CC(N(CC)CC(=O)O)C2)cc1. The van der Waals surface area contributed by atoms with Crippen LogP contribution in [0.3, 0.4) is 0 Å². The Morgan fingerprint density at radius 3 is 2.42 bits per heavy atom. The summed E-state index contributed by atoms with van der Waals surface area (Å²) in [6, 6.07) is 8.16. The fraction of sp³-hybridized carbons (Fsp3) is 0.600. The standard InChI is InChI=1S/C20H31N3O3/c1-3-5-6-7-15-8-10-16(11-9-15)21-20(26)22-17-12-18(13-17)23(4-2)14-19(24)25/h8-11,17-18H,3-7,12-14H2,1-2H3,(H,24,25)(H2,21,22,26). The van der Waals surface area contributed by atoms with E-state index in [0.717, 1.165) is 24.9 Å². The normalized spacial score (nSPS) is 19.0. The Morgan fingerprint density at radius 1 is 1.15 bits per heavy atom. The van der Waals surface area contributed by atoms with Crippen LogP contribution in [-0.2, 0) is 11.2 Å². The van der Waals surface area contributed by atoms with Crippen molar-refractivity contribution in [1.82, 2.24) is 10.2 Å². The largest absolute Gasteiger partial charge is 0.480 e. The second-order valence-electron chi connectivity index (χ2n) is 7.03. The van der Waals surface area contributed by atoms with Crippen LogP contribution in [0.15, 0.2) is 24.3 Å². The second kappa shape index (κ2) is 10.2. The molecule has 3 N–H and O–H groups in total. The molecule has 1 aromatic rings. The van der Waals surface area contributed by atoms with Crippen LogP contribution in [0.2, 0.25) is 0 Å². The molecule has 1 saturated carbocycles. The van der Waals surface area contributed by atoms with E-state index in [1.165, 1.54) is 24.8 Å². The summed E-state index contributed by atoms with van der Waals surface area (Å²) >= 11 is 0. The number of carboxylic acids is 1. The molecule has 0 spiro atoms. The molecule has 0 radical (unpaired) electrons. The molecule has 0 bridgehead atoms. The van der Waals surface area contributed by atoms with E-state index in [1.54, 1.807) is 0 Å². The van der Waals surface area contributed by atoms with Gasteiger partial charge < -0.3 is 15.7 Å². The van der Waals surface area contributed by atoms with Crippen molar-refractivity contribution in [1.29, 1.82) is 0 Å². The van der Waals surface area contributed by atoms with Crippen LogP contribution in [0.5, 0.6) is 0 Å². The van der Waals surface area contributed by atoms with Gasteiger partial charge in [-0.25, -0.2) is 4.79 Å². The fourth-order valence-corrected chi connectivity index (χ4v) is 3.36. The number of carboxylic acid groups (broad SMARTS) is 1. The monoisotopic (exact) mass is 361 g/mol. The third-order valence-electron chi connectivity index (χ3n) is 4.99. The van der Waals surface area contributed by atoms with Crippen molar-refractivity contribution in [2.24, 2.45) is 0 Å². The number of unbranched alkanes of at least 4 members (excludes halogenated alkanes) is 2. The Labute approximate surface area is 156 Å². The zero-order valence-electron chi connectivity index (χ0n) is 15.8. The molecule has 6 nitrogen and oxygen atoms in total. The molecule has 0 aliphatic heterocycles. The van der Waals surface area contributed by atoms with Gasteiger partial charge in [0.15, 0.2) is 0 Å². The van der Waals surface area contributed by atoms with Gasteiger partial charge in [0.05, 0.1) is 6.54 Å². The number of anilines is 1. The number of likely N-dealkylation sites (N-methyl/N-ethyl adjacent to an activating group) is 1. The van der Waals surface area contributed by atoms with Gasteiger partial charge in [0.2, 0.25) is 0 Å². The molecular formula is C20H31N3O3. The molecule has 144 valence electrons. The number of nitrogens with one attached hydrogen (secondary N) is 2. The van der Waals surface area contributed by atoms with Gasteiger partial charge in [-0.15, -0.1) is 0 Å². The fourth-order valence-electron chi connectivity index (χ4n) is 3.36. The number of nitrogens with zero attached hydrogens (tertiary/aromatic N) is 1. The summed E-state index contributed by atoms with van der Waals surface area (Å²) in [7, 11) is 0. The number of aryl methyl sites for hydroxylation is 1. The molecule has 0 heterocycles. The molecule has 26 heavy (non-hydrogen) atoms. The number of benzene rings is 1. The van der Waals surface area contributed by atoms with Gasteiger partial charge in [-0.2, -0.15) is 0 Å². The van der Waals surface area contributed by atoms with E-state index >= 15 is 0 Å². The number of carbonyl (C=O) groups excluding carboxylic acids is 1. The number of urea groups is 1. The van der Waals surface area contributed by atoms with E-state index in [1.807, 2.05) is 24.0 Å². The first-order valence-corrected chi connectivity index (χ1v) is 9.64. The van der Waals surface area contributed by atoms with Crippen molar-refractivity contribution in [2.45, 2.75) is 64.5 Å². The van der Waals surface area contributed by atoms with E-state index in [9.17, 15) is 9.59 Å². The molecule has 6 heteroatoms. The molecule has 0 unspecified atom stereocenters. The summed E-state index contributed by atoms with van der Waals surface area (Å²) in [4.78, 5) is 24.9. The van der Waals surface area contributed by atoms with Crippen LogP contribution < -0.4 is 10.6 Å². The Hall–Kier alpha value is -2.08. The van der Waals surface area contributed by atoms with Crippen LogP contribution in [0, 0.1) is 0 Å². The van der Waals surface area contributed by atoms with Crippen molar-refractivity contribution in [3.05, 3.63) is 29.8 Å². The third kappa shape index (κ3) is 6.33. The first kappa shape index (κ1) is 20.2. The van der Waals surface area contributed by atoms with Crippen molar-refractivity contribution in [3.63, 3.8) is 0 Å². The maximum atomic E-state index is 12.1. The zero-order valence-corrected chi connectivity index (χ0v) is 15.8. The summed E-state index contributed by atoms with van der Waals surface area (Å²) in [6.07, 6.45) is 6.33. The van der Waals surface area contributed by atoms with Crippen molar-refractivity contribution >= 4 is 17.7 Å². The maximum absolute atomic E-state index is 12.1. The van der Waals surface area contributed by atoms with Gasteiger partial charge in [-0.1, -0.05) is 38.8 Å². The Bertz CT molecular complexity index is 582. The third-order valence-corrected chi connectivity index (χ3v) is 4.99. The van der Waals surface area contributed by atoms with Crippen LogP contribution in [-0.4, -0.2) is 47.2 Å². The summed E-state index contributed by atoms with van der Waals surface area (Å²) in [6.45, 7) is 4.93. The van der Waals surface area contributed by atoms with Gasteiger partial charge in [-0.3, -0.25) is 9.69 Å². The lowest BCUT2D eigenvalue weighted by molar-refractivity contribution is -0.139. The smallest absolute Gasteiger partial charge is 0.319 e. The molecule has 0 saturated heterocycles. The van der Waals surface area contributed by atoms with Crippen molar-refractivity contribution in [3.8, 4) is 0 Å². The topological polar surface area (TPSA) is 81.7 Å². The first-order valence-electron chi connectivity index (χ1n) is 9.64. The summed E-state index contributed by atoms with van der Waals surface area (Å²) in [5.74, 6) is -0.806. The lowest BCUT2D eigenvalue weighted by atomic mass is 9.85. The molecule has 0 aromatic heterocycles. The van der Waals surface area contributed by atoms with Crippen LogP contribution >= 0.6 is 0 Å². The van der Waals surface area contributed by atoms with Crippen LogP contribution in [0.4, 0.5) is 10.5 Å². The van der Waals surface area contributed by atoms with Crippen LogP contribution in [0.1, 0.15) is 51.5 Å². The number of hydrogen-bond acceptors (Lipinski definition) is 3. The summed E-state index contributed by atoms with van der Waals surface area (Å²) in [5, 5.41) is 14.7. The van der Waals surface area contributed by atoms with Crippen LogP contribution in [0.25, 0.3) is 0 Å². The number of hydrogen-bond donors (Lipinski definition) is 3. The average molecular weight is 361 g/mol. The van der Waals surface area contributed by atoms with Gasteiger partial charge >= 0.3 is 12.0 Å². The predicted octanol–water partition coefficient (Wildman–Crippen LogP) is 3.48. The molecule has 1 fully saturated rings. The summed E-state index contributed by atoms with van der Waals surface area (Å²) < 4.78 is 0. The molecule has 0 atom stereocenters. The minimum atomic E-state index is -0.806. The molecule has 2 rings (SSSR count). The van der Waals surface area contributed by atoms with E-state index in [-0.39, 0.29) is 24.7 Å². The minimum absolute atomic E-state index is 0.0602. The van der Waals surface area contributed by atoms with E-state index in [2.05, 4.69) is 29.7 Å². The van der Waals surface area contributed by atoms with E-state index < -0.39 is 5.97 Å². The second-order valence-corrected chi connectivity index (χ2v) is 7.03. The first-order chi connectivity index (χ1) is 12.5. The highest BCUT2D eigenvalue weighted by molar-refractivity contribution is 5.89. The number of rotatable bonds is 10. The Morgan fingerprint density at radius 2 is 1.85 bits per heavy atom. The van der Waals surface area contributed by atoms with Gasteiger partial charge in [0, 0.05) is 17.8 Å². The number of amides is 2. The molecule has 2 amide bonds. The molecular weight excluding hydrogens is 330 g/mol. The van der Waals surface area contributed by atoms with Crippen molar-refractivity contribution in [2.75, 3.05) is 18.4 Å². The zero-order chi connectivity index (χ0) is 18.9. The van der Waals surface area contributed by atoms with Crippen molar-refractivity contribution < 1.29 is 14.7 Å². The summed E-state index contributed by atoms with van der Waals surface area (Å²) in [5.41, 5.74) is 2.09. The lowest BCUT2D eigenvalue weighted by Crippen LogP contribution is -2.55. The minimum Gasteiger partial charge on any atom is -0.480 e.